The molecule has 70 valence electrons. The van der Waals surface area contributed by atoms with E-state index in [1.54, 1.807) is 6.92 Å². The number of carbonyl (C=O) groups is 1. The number of alkyl halides is 1. The van der Waals surface area contributed by atoms with Crippen molar-refractivity contribution in [2.45, 2.75) is 19.4 Å². The van der Waals surface area contributed by atoms with Crippen LogP contribution in [0.15, 0.2) is 0 Å². The lowest BCUT2D eigenvalue weighted by atomic mass is 10.3. The van der Waals surface area contributed by atoms with Gasteiger partial charge < -0.3 is 14.2 Å². The van der Waals surface area contributed by atoms with Crippen LogP contribution in [0.3, 0.4) is 0 Å². The average Bonchev–Trinajstić information content (AvgIpc) is 1.97. The van der Waals surface area contributed by atoms with Gasteiger partial charge in [-0.25, -0.2) is 9.18 Å². The maximum absolute atomic E-state index is 12.7. The summed E-state index contributed by atoms with van der Waals surface area (Å²) in [5, 5.41) is 0. The zero-order chi connectivity index (χ0) is 8.97. The van der Waals surface area contributed by atoms with Crippen LogP contribution in [0.25, 0.3) is 0 Å². The molecule has 1 aliphatic heterocycles. The van der Waals surface area contributed by atoms with Gasteiger partial charge in [0, 0.05) is 0 Å². The molecule has 4 nitrogen and oxygen atoms in total. The first kappa shape index (κ1) is 9.41. The number of esters is 1. The van der Waals surface area contributed by atoms with Crippen molar-refractivity contribution in [3.63, 3.8) is 0 Å². The minimum Gasteiger partial charge on any atom is -0.462 e. The molecule has 1 saturated heterocycles. The van der Waals surface area contributed by atoms with E-state index in [0.717, 1.165) is 0 Å². The summed E-state index contributed by atoms with van der Waals surface area (Å²) in [6.45, 7) is 2.46. The third-order valence-electron chi connectivity index (χ3n) is 1.39. The first-order valence-electron chi connectivity index (χ1n) is 3.78. The molecule has 0 aromatic heterocycles. The summed E-state index contributed by atoms with van der Waals surface area (Å²) in [5.41, 5.74) is 0. The summed E-state index contributed by atoms with van der Waals surface area (Å²) in [4.78, 5) is 10.7. The molecule has 12 heavy (non-hydrogen) atoms. The Labute approximate surface area is 69.6 Å². The van der Waals surface area contributed by atoms with Gasteiger partial charge in [0.25, 0.3) is 6.36 Å². The largest absolute Gasteiger partial charge is 0.462 e. The van der Waals surface area contributed by atoms with Gasteiger partial charge in [0.05, 0.1) is 19.8 Å². The first-order valence-corrected chi connectivity index (χ1v) is 3.78. The van der Waals surface area contributed by atoms with Crippen molar-refractivity contribution in [3.8, 4) is 0 Å². The predicted molar refractivity (Wildman–Crippen MR) is 37.2 cm³/mol. The maximum atomic E-state index is 12.7. The molecule has 1 atom stereocenters. The van der Waals surface area contributed by atoms with Crippen molar-refractivity contribution < 1.29 is 23.4 Å². The molecule has 1 unspecified atom stereocenters. The van der Waals surface area contributed by atoms with Gasteiger partial charge >= 0.3 is 5.97 Å². The highest BCUT2D eigenvalue weighted by Gasteiger charge is 2.28. The molecule has 1 aliphatic rings. The second kappa shape index (κ2) is 4.37. The van der Waals surface area contributed by atoms with Crippen molar-refractivity contribution >= 4 is 5.97 Å². The third-order valence-corrected chi connectivity index (χ3v) is 1.39. The van der Waals surface area contributed by atoms with E-state index in [9.17, 15) is 9.18 Å². The van der Waals surface area contributed by atoms with E-state index < -0.39 is 12.3 Å². The summed E-state index contributed by atoms with van der Waals surface area (Å²) >= 11 is 0. The monoisotopic (exact) mass is 178 g/mol. The van der Waals surface area contributed by atoms with Gasteiger partial charge in [0.2, 0.25) is 0 Å². The van der Waals surface area contributed by atoms with E-state index in [2.05, 4.69) is 9.47 Å². The molecule has 0 N–H and O–H groups in total. The number of hydrogen-bond donors (Lipinski definition) is 0. The summed E-state index contributed by atoms with van der Waals surface area (Å²) in [6.07, 6.45) is -2.27. The quantitative estimate of drug-likeness (QED) is 0.579. The fourth-order valence-corrected chi connectivity index (χ4v) is 0.725. The minimum atomic E-state index is -1.97. The Balaban J connectivity index is 2.16. The Hall–Kier alpha value is -0.680. The highest BCUT2D eigenvalue weighted by molar-refractivity contribution is 5.72. The fraction of sp³-hybridized carbons (Fsp3) is 0.857. The van der Waals surface area contributed by atoms with Crippen LogP contribution < -0.4 is 0 Å². The van der Waals surface area contributed by atoms with Crippen LogP contribution in [-0.4, -0.2) is 38.3 Å². The van der Waals surface area contributed by atoms with E-state index in [1.165, 1.54) is 0 Å². The molecule has 0 amide bonds. The molecule has 0 aromatic carbocycles. The normalized spacial score (nSPS) is 19.8. The number of hydrogen-bond acceptors (Lipinski definition) is 4. The van der Waals surface area contributed by atoms with Gasteiger partial charge in [-0.15, -0.1) is 0 Å². The Kier molecular flexibility index (Phi) is 3.43. The van der Waals surface area contributed by atoms with E-state index in [0.29, 0.717) is 13.2 Å². The molecule has 0 bridgehead atoms. The van der Waals surface area contributed by atoms with Crippen LogP contribution in [0.4, 0.5) is 4.39 Å². The lowest BCUT2D eigenvalue weighted by molar-refractivity contribution is -0.205. The lowest BCUT2D eigenvalue weighted by Gasteiger charge is -2.26. The average molecular weight is 178 g/mol. The van der Waals surface area contributed by atoms with Gasteiger partial charge in [0.1, 0.15) is 6.10 Å². The van der Waals surface area contributed by atoms with Crippen LogP contribution >= 0.6 is 0 Å². The van der Waals surface area contributed by atoms with E-state index in [4.69, 9.17) is 4.74 Å². The minimum absolute atomic E-state index is 0.157. The molecular formula is C7H11FO4. The molecule has 0 radical (unpaired) electrons. The van der Waals surface area contributed by atoms with Crippen LogP contribution in [0, 0.1) is 0 Å². The van der Waals surface area contributed by atoms with E-state index in [-0.39, 0.29) is 12.7 Å². The molecular weight excluding hydrogens is 167 g/mol. The SMILES string of the molecule is CCOC(=O)C(F)OC1COC1. The second-order valence-corrected chi connectivity index (χ2v) is 2.36. The van der Waals surface area contributed by atoms with Gasteiger partial charge in [-0.05, 0) is 6.92 Å². The standard InChI is InChI=1S/C7H11FO4/c1-2-11-7(9)6(8)12-5-3-10-4-5/h5-6H,2-4H2,1H3. The van der Waals surface area contributed by atoms with Crippen molar-refractivity contribution in [2.75, 3.05) is 19.8 Å². The van der Waals surface area contributed by atoms with Gasteiger partial charge in [0.15, 0.2) is 0 Å². The van der Waals surface area contributed by atoms with E-state index in [1.807, 2.05) is 0 Å². The third kappa shape index (κ3) is 2.42. The van der Waals surface area contributed by atoms with Gasteiger partial charge in [-0.2, -0.15) is 0 Å². The highest BCUT2D eigenvalue weighted by Crippen LogP contribution is 2.10. The number of ether oxygens (including phenoxy) is 3. The molecule has 0 spiro atoms. The van der Waals surface area contributed by atoms with E-state index >= 15 is 0 Å². The molecule has 1 heterocycles. The summed E-state index contributed by atoms with van der Waals surface area (Å²) in [5.74, 6) is -0.968. The smallest absolute Gasteiger partial charge is 0.368 e. The van der Waals surface area contributed by atoms with Gasteiger partial charge in [-0.3, -0.25) is 0 Å². The Bertz CT molecular complexity index is 157. The summed E-state index contributed by atoms with van der Waals surface area (Å²) < 4.78 is 26.5. The number of rotatable bonds is 4. The molecule has 1 rings (SSSR count). The molecule has 5 heteroatoms. The first-order chi connectivity index (χ1) is 5.74. The fourth-order valence-electron chi connectivity index (χ4n) is 0.725. The molecule has 0 saturated carbocycles. The van der Waals surface area contributed by atoms with Crippen LogP contribution in [0.5, 0.6) is 0 Å². The molecule has 0 aliphatic carbocycles. The van der Waals surface area contributed by atoms with Crippen LogP contribution in [-0.2, 0) is 19.0 Å². The second-order valence-electron chi connectivity index (χ2n) is 2.36. The van der Waals surface area contributed by atoms with Crippen molar-refractivity contribution in [1.29, 1.82) is 0 Å². The number of halogens is 1. The zero-order valence-corrected chi connectivity index (χ0v) is 6.79. The molecule has 1 fully saturated rings. The summed E-state index contributed by atoms with van der Waals surface area (Å²) in [6, 6.07) is 0. The Morgan fingerprint density at radius 2 is 2.42 bits per heavy atom. The highest BCUT2D eigenvalue weighted by atomic mass is 19.1. The lowest BCUT2D eigenvalue weighted by Crippen LogP contribution is -2.40. The van der Waals surface area contributed by atoms with Crippen molar-refractivity contribution in [1.82, 2.24) is 0 Å². The van der Waals surface area contributed by atoms with Gasteiger partial charge in [-0.1, -0.05) is 0 Å². The Morgan fingerprint density at radius 1 is 1.75 bits per heavy atom. The summed E-state index contributed by atoms with van der Waals surface area (Å²) in [7, 11) is 0. The topological polar surface area (TPSA) is 44.8 Å². The zero-order valence-electron chi connectivity index (χ0n) is 6.79. The van der Waals surface area contributed by atoms with Crippen LogP contribution in [0.1, 0.15) is 6.92 Å². The predicted octanol–water partition coefficient (Wildman–Crippen LogP) is 0.260. The maximum Gasteiger partial charge on any atom is 0.368 e. The van der Waals surface area contributed by atoms with Crippen LogP contribution in [0.2, 0.25) is 0 Å². The Morgan fingerprint density at radius 3 is 2.83 bits per heavy atom. The number of carbonyl (C=O) groups excluding carboxylic acids is 1. The molecule has 0 aromatic rings. The van der Waals surface area contributed by atoms with Crippen molar-refractivity contribution in [3.05, 3.63) is 0 Å². The van der Waals surface area contributed by atoms with Crippen molar-refractivity contribution in [2.24, 2.45) is 0 Å².